The molecular formula is C30H25Cl2FN4O4. The smallest absolute Gasteiger partial charge is 0.257 e. The van der Waals surface area contributed by atoms with Gasteiger partial charge in [-0.2, -0.15) is 5.10 Å². The molecule has 0 radical (unpaired) electrons. The molecule has 0 spiro atoms. The van der Waals surface area contributed by atoms with Crippen molar-refractivity contribution in [3.8, 4) is 0 Å². The average molecular weight is 595 g/mol. The molecule has 2 aromatic carbocycles. The minimum Gasteiger partial charge on any atom is -0.396 e. The van der Waals surface area contributed by atoms with Crippen LogP contribution in [0.1, 0.15) is 55.9 Å². The van der Waals surface area contributed by atoms with E-state index in [4.69, 9.17) is 27.9 Å². The highest BCUT2D eigenvalue weighted by atomic mass is 35.5. The van der Waals surface area contributed by atoms with Crippen LogP contribution in [0.15, 0.2) is 67.1 Å². The number of nitrogens with zero attached hydrogens (tertiary/aromatic N) is 4. The fraction of sp³-hybridized carbons (Fsp3) is 0.267. The van der Waals surface area contributed by atoms with Crippen LogP contribution >= 0.6 is 23.2 Å². The van der Waals surface area contributed by atoms with Crippen LogP contribution in [0.3, 0.4) is 0 Å². The van der Waals surface area contributed by atoms with Crippen molar-refractivity contribution in [3.63, 3.8) is 0 Å². The van der Waals surface area contributed by atoms with Crippen LogP contribution in [0.5, 0.6) is 0 Å². The molecular weight excluding hydrogens is 570 g/mol. The lowest BCUT2D eigenvalue weighted by atomic mass is 9.90. The van der Waals surface area contributed by atoms with Gasteiger partial charge in [0.25, 0.3) is 5.91 Å². The summed E-state index contributed by atoms with van der Waals surface area (Å²) in [7, 11) is 1.67. The summed E-state index contributed by atoms with van der Waals surface area (Å²) in [6, 6.07) is 12.5. The first-order valence-electron chi connectivity index (χ1n) is 13.0. The number of ketones is 1. The van der Waals surface area contributed by atoms with Crippen LogP contribution in [0.25, 0.3) is 0 Å². The van der Waals surface area contributed by atoms with Gasteiger partial charge in [0.1, 0.15) is 5.82 Å². The number of aliphatic hydroxyl groups excluding tert-OH is 1. The van der Waals surface area contributed by atoms with Crippen molar-refractivity contribution in [1.29, 1.82) is 0 Å². The minimum absolute atomic E-state index is 0.00463. The maximum Gasteiger partial charge on any atom is 0.257 e. The molecule has 11 heteroatoms. The number of rotatable bonds is 9. The topological polar surface area (TPSA) is 97.6 Å². The van der Waals surface area contributed by atoms with E-state index in [2.05, 4.69) is 10.1 Å². The third-order valence-corrected chi connectivity index (χ3v) is 8.21. The Hall–Kier alpha value is -3.63. The molecule has 2 aromatic heterocycles. The van der Waals surface area contributed by atoms with E-state index < -0.39 is 28.6 Å². The molecule has 1 aliphatic carbocycles. The highest BCUT2D eigenvalue weighted by Gasteiger charge is 2.56. The molecule has 1 atom stereocenters. The Morgan fingerprint density at radius 3 is 2.41 bits per heavy atom. The normalized spacial score (nSPS) is 19.0. The van der Waals surface area contributed by atoms with Crippen LogP contribution in [0.4, 0.5) is 4.39 Å². The van der Waals surface area contributed by atoms with E-state index in [0.29, 0.717) is 21.3 Å². The number of carbonyl (C=O) groups excluding carboxylic acids is 2. The standard InChI is InChI=1S/C30H25Cl2FN4O4/c1-36-14-19(12-35-36)27(39)18-10-24-26(25(33)11-18)30(20-2-4-21(31)5-3-20,41-17-29(16-38)8-9-29)37(28(24)40)15-23-7-6-22(32)13-34-23/h2-7,10-14,38H,8-9,15-17H2,1H3. The number of carbonyl (C=O) groups is 2. The number of halogens is 3. The van der Waals surface area contributed by atoms with Crippen molar-refractivity contribution >= 4 is 34.9 Å². The summed E-state index contributed by atoms with van der Waals surface area (Å²) in [6.45, 7) is -0.0891. The van der Waals surface area contributed by atoms with Crippen molar-refractivity contribution < 1.29 is 23.8 Å². The minimum atomic E-state index is -1.73. The van der Waals surface area contributed by atoms with Crippen molar-refractivity contribution in [2.45, 2.75) is 25.1 Å². The lowest BCUT2D eigenvalue weighted by molar-refractivity contribution is -0.130. The first kappa shape index (κ1) is 27.5. The van der Waals surface area contributed by atoms with Gasteiger partial charge in [-0.15, -0.1) is 0 Å². The summed E-state index contributed by atoms with van der Waals surface area (Å²) in [5.41, 5.74) is -1.02. The van der Waals surface area contributed by atoms with Gasteiger partial charge in [0.05, 0.1) is 53.4 Å². The fourth-order valence-electron chi connectivity index (χ4n) is 5.22. The van der Waals surface area contributed by atoms with Crippen LogP contribution in [0.2, 0.25) is 10.0 Å². The highest BCUT2D eigenvalue weighted by molar-refractivity contribution is 6.30. The molecule has 2 aliphatic rings. The summed E-state index contributed by atoms with van der Waals surface area (Å²) < 4.78 is 24.5. The molecule has 0 saturated heterocycles. The zero-order valence-electron chi connectivity index (χ0n) is 22.0. The molecule has 0 bridgehead atoms. The van der Waals surface area contributed by atoms with E-state index in [9.17, 15) is 14.7 Å². The molecule has 3 heterocycles. The third-order valence-electron chi connectivity index (χ3n) is 7.74. The predicted molar refractivity (Wildman–Crippen MR) is 149 cm³/mol. The Bertz CT molecular complexity index is 1650. The fourth-order valence-corrected chi connectivity index (χ4v) is 5.45. The Kier molecular flexibility index (Phi) is 6.94. The quantitative estimate of drug-likeness (QED) is 0.270. The second kappa shape index (κ2) is 10.3. The van der Waals surface area contributed by atoms with E-state index in [1.165, 1.54) is 34.2 Å². The van der Waals surface area contributed by atoms with Gasteiger partial charge >= 0.3 is 0 Å². The van der Waals surface area contributed by atoms with E-state index in [0.717, 1.165) is 18.9 Å². The van der Waals surface area contributed by atoms with Crippen LogP contribution in [-0.4, -0.2) is 49.7 Å². The number of fused-ring (bicyclic) bond motifs is 1. The number of aliphatic hydroxyl groups is 1. The lowest BCUT2D eigenvalue weighted by Gasteiger charge is -2.40. The van der Waals surface area contributed by atoms with Gasteiger partial charge in [-0.05, 0) is 49.2 Å². The molecule has 6 rings (SSSR count). The first-order chi connectivity index (χ1) is 19.7. The van der Waals surface area contributed by atoms with Gasteiger partial charge in [0, 0.05) is 41.0 Å². The van der Waals surface area contributed by atoms with E-state index in [1.807, 2.05) is 0 Å². The van der Waals surface area contributed by atoms with Gasteiger partial charge in [-0.3, -0.25) is 24.2 Å². The number of ether oxygens (including phenoxy) is 1. The van der Waals surface area contributed by atoms with Crippen molar-refractivity contribution in [2.75, 3.05) is 13.2 Å². The SMILES string of the molecule is Cn1cc(C(=O)c2cc(F)c3c(c2)C(=O)N(Cc2ccc(Cl)cn2)C3(OCC2(CO)CC2)c2ccc(Cl)cc2)cn1. The van der Waals surface area contributed by atoms with Crippen molar-refractivity contribution in [1.82, 2.24) is 19.7 Å². The number of aryl methyl sites for hydroxylation is 1. The second-order valence-corrected chi connectivity index (χ2v) is 11.4. The molecule has 1 saturated carbocycles. The predicted octanol–water partition coefficient (Wildman–Crippen LogP) is 5.14. The molecule has 4 aromatic rings. The molecule has 1 unspecified atom stereocenters. The number of hydrogen-bond donors (Lipinski definition) is 1. The van der Waals surface area contributed by atoms with Gasteiger partial charge in [-0.1, -0.05) is 35.3 Å². The van der Waals surface area contributed by atoms with Gasteiger partial charge in [-0.25, -0.2) is 4.39 Å². The molecule has 41 heavy (non-hydrogen) atoms. The molecule has 8 nitrogen and oxygen atoms in total. The second-order valence-electron chi connectivity index (χ2n) is 10.6. The summed E-state index contributed by atoms with van der Waals surface area (Å²) in [5, 5.41) is 14.9. The van der Waals surface area contributed by atoms with E-state index in [-0.39, 0.29) is 42.0 Å². The Balaban J connectivity index is 1.55. The summed E-state index contributed by atoms with van der Waals surface area (Å²) >= 11 is 12.3. The Labute approximate surface area is 245 Å². The van der Waals surface area contributed by atoms with E-state index in [1.54, 1.807) is 43.4 Å². The summed E-state index contributed by atoms with van der Waals surface area (Å²) in [6.07, 6.45) is 5.85. The maximum atomic E-state index is 16.4. The van der Waals surface area contributed by atoms with Crippen LogP contribution in [-0.2, 0) is 24.1 Å². The lowest BCUT2D eigenvalue weighted by Crippen LogP contribution is -2.48. The zero-order valence-corrected chi connectivity index (χ0v) is 23.5. The maximum absolute atomic E-state index is 16.4. The Morgan fingerprint density at radius 2 is 1.80 bits per heavy atom. The Morgan fingerprint density at radius 1 is 1.07 bits per heavy atom. The third kappa shape index (κ3) is 4.82. The molecule has 1 aliphatic heterocycles. The molecule has 1 fully saturated rings. The van der Waals surface area contributed by atoms with Crippen LogP contribution < -0.4 is 0 Å². The van der Waals surface area contributed by atoms with Crippen molar-refractivity contribution in [3.05, 3.63) is 116 Å². The summed E-state index contributed by atoms with van der Waals surface area (Å²) in [4.78, 5) is 33.2. The zero-order chi connectivity index (χ0) is 28.9. The average Bonchev–Trinajstić information content (AvgIpc) is 3.56. The monoisotopic (exact) mass is 594 g/mol. The van der Waals surface area contributed by atoms with Crippen molar-refractivity contribution in [2.24, 2.45) is 12.5 Å². The molecule has 1 amide bonds. The first-order valence-corrected chi connectivity index (χ1v) is 13.7. The van der Waals surface area contributed by atoms with Crippen LogP contribution in [0, 0.1) is 11.2 Å². The van der Waals surface area contributed by atoms with Gasteiger partial charge in [0.2, 0.25) is 0 Å². The van der Waals surface area contributed by atoms with Gasteiger partial charge in [0.15, 0.2) is 11.5 Å². The number of benzene rings is 2. The van der Waals surface area contributed by atoms with E-state index >= 15 is 4.39 Å². The summed E-state index contributed by atoms with van der Waals surface area (Å²) in [5.74, 6) is -1.79. The number of hydrogen-bond acceptors (Lipinski definition) is 6. The number of aromatic nitrogens is 3. The molecule has 210 valence electrons. The highest BCUT2D eigenvalue weighted by Crippen LogP contribution is 2.52. The largest absolute Gasteiger partial charge is 0.396 e. The molecule has 1 N–H and O–H groups in total. The number of pyridine rings is 1. The van der Waals surface area contributed by atoms with Gasteiger partial charge < -0.3 is 9.84 Å². The number of amides is 1.